The lowest BCUT2D eigenvalue weighted by atomic mass is 9.77. The van der Waals surface area contributed by atoms with Crippen molar-refractivity contribution in [3.05, 3.63) is 96.9 Å². The maximum atomic E-state index is 6.58. The predicted molar refractivity (Wildman–Crippen MR) is 139 cm³/mol. The van der Waals surface area contributed by atoms with Crippen LogP contribution < -0.4 is 14.8 Å². The van der Waals surface area contributed by atoms with Crippen LogP contribution in [0.5, 0.6) is 11.5 Å². The van der Waals surface area contributed by atoms with Gasteiger partial charge in [-0.1, -0.05) is 65.2 Å². The van der Waals surface area contributed by atoms with Gasteiger partial charge < -0.3 is 14.8 Å². The Morgan fingerprint density at radius 1 is 1.06 bits per heavy atom. The van der Waals surface area contributed by atoms with Crippen molar-refractivity contribution in [3.63, 3.8) is 0 Å². The van der Waals surface area contributed by atoms with Crippen molar-refractivity contribution in [2.24, 2.45) is 5.92 Å². The number of allylic oxidation sites excluding steroid dienone is 2. The van der Waals surface area contributed by atoms with Crippen LogP contribution in [0.3, 0.4) is 0 Å². The Morgan fingerprint density at radius 2 is 1.88 bits per heavy atom. The van der Waals surface area contributed by atoms with Gasteiger partial charge in [0.15, 0.2) is 11.5 Å². The summed E-state index contributed by atoms with van der Waals surface area (Å²) in [5.41, 5.74) is 4.09. The minimum absolute atomic E-state index is 0.0546. The summed E-state index contributed by atoms with van der Waals surface area (Å²) < 4.78 is 12.7. The number of hydrogen-bond donors (Lipinski definition) is 1. The molecule has 5 rings (SSSR count). The van der Waals surface area contributed by atoms with Crippen LogP contribution in [0.1, 0.15) is 35.1 Å². The molecule has 1 aliphatic carbocycles. The summed E-state index contributed by atoms with van der Waals surface area (Å²) in [6.07, 6.45) is 5.47. The molecule has 0 saturated carbocycles. The van der Waals surface area contributed by atoms with Crippen LogP contribution in [0.4, 0.5) is 5.69 Å². The molecule has 3 aromatic carbocycles. The molecule has 7 heteroatoms. The van der Waals surface area contributed by atoms with E-state index in [-0.39, 0.29) is 12.0 Å². The van der Waals surface area contributed by atoms with E-state index in [1.54, 1.807) is 13.2 Å². The summed E-state index contributed by atoms with van der Waals surface area (Å²) in [6, 6.07) is 15.6. The van der Waals surface area contributed by atoms with Crippen LogP contribution in [0.2, 0.25) is 15.1 Å². The largest absolute Gasteiger partial charge is 0.493 e. The lowest BCUT2D eigenvalue weighted by Gasteiger charge is -2.38. The monoisotopic (exact) mass is 563 g/mol. The smallest absolute Gasteiger partial charge is 0.175 e. The van der Waals surface area contributed by atoms with Crippen molar-refractivity contribution in [1.29, 1.82) is 0 Å². The standard InChI is InChI=1S/C26H21BrCl3NO2/c1-32-23-10-15(9-20(27)26(23)33-13-14-5-2-3-8-21(14)29)24-18-7-4-6-17(18)19-11-16(28)12-22(30)25(19)31-24/h2-6,8-12,17-18,24,31H,7,13H2,1H3/t17-,18+,24+/m1/s1. The predicted octanol–water partition coefficient (Wildman–Crippen LogP) is 8.82. The van der Waals surface area contributed by atoms with Crippen molar-refractivity contribution < 1.29 is 9.47 Å². The number of nitrogens with one attached hydrogen (secondary N) is 1. The molecule has 0 amide bonds. The second kappa shape index (κ2) is 9.42. The van der Waals surface area contributed by atoms with E-state index in [0.29, 0.717) is 39.1 Å². The van der Waals surface area contributed by atoms with Gasteiger partial charge in [-0.25, -0.2) is 0 Å². The van der Waals surface area contributed by atoms with Crippen LogP contribution >= 0.6 is 50.7 Å². The number of halogens is 4. The Morgan fingerprint density at radius 3 is 2.67 bits per heavy atom. The van der Waals surface area contributed by atoms with E-state index in [0.717, 1.165) is 33.3 Å². The van der Waals surface area contributed by atoms with E-state index in [9.17, 15) is 0 Å². The second-order valence-corrected chi connectivity index (χ2v) is 10.3. The van der Waals surface area contributed by atoms with Gasteiger partial charge in [-0.2, -0.15) is 0 Å². The summed E-state index contributed by atoms with van der Waals surface area (Å²) >= 11 is 22.9. The number of rotatable bonds is 5. The van der Waals surface area contributed by atoms with Crippen molar-refractivity contribution in [1.82, 2.24) is 0 Å². The van der Waals surface area contributed by atoms with Gasteiger partial charge in [0.2, 0.25) is 0 Å². The number of anilines is 1. The summed E-state index contributed by atoms with van der Waals surface area (Å²) in [5, 5.41) is 5.64. The maximum Gasteiger partial charge on any atom is 0.175 e. The van der Waals surface area contributed by atoms with Gasteiger partial charge in [0, 0.05) is 21.5 Å². The molecule has 0 spiro atoms. The van der Waals surface area contributed by atoms with Crippen LogP contribution in [0.15, 0.2) is 65.2 Å². The number of benzene rings is 3. The number of methoxy groups -OCH3 is 1. The van der Waals surface area contributed by atoms with Crippen molar-refractivity contribution >= 4 is 56.4 Å². The van der Waals surface area contributed by atoms with Gasteiger partial charge in [-0.3, -0.25) is 0 Å². The highest BCUT2D eigenvalue weighted by Crippen LogP contribution is 2.53. The van der Waals surface area contributed by atoms with E-state index >= 15 is 0 Å². The van der Waals surface area contributed by atoms with E-state index in [1.807, 2.05) is 36.4 Å². The summed E-state index contributed by atoms with van der Waals surface area (Å²) in [6.45, 7) is 0.341. The molecule has 0 unspecified atom stereocenters. The van der Waals surface area contributed by atoms with Crippen molar-refractivity contribution in [2.45, 2.75) is 25.0 Å². The molecule has 1 aliphatic heterocycles. The minimum Gasteiger partial charge on any atom is -0.493 e. The number of hydrogen-bond acceptors (Lipinski definition) is 3. The Balaban J connectivity index is 1.48. The highest BCUT2D eigenvalue weighted by Gasteiger charge is 2.39. The molecule has 0 aromatic heterocycles. The molecular formula is C26H21BrCl3NO2. The Hall–Kier alpha value is -1.85. The van der Waals surface area contributed by atoms with E-state index < -0.39 is 0 Å². The first-order valence-electron chi connectivity index (χ1n) is 10.6. The van der Waals surface area contributed by atoms with E-state index in [1.165, 1.54) is 0 Å². The zero-order valence-electron chi connectivity index (χ0n) is 17.7. The third-order valence-electron chi connectivity index (χ3n) is 6.33. The molecule has 1 heterocycles. The van der Waals surface area contributed by atoms with Crippen LogP contribution in [0.25, 0.3) is 0 Å². The molecule has 0 fully saturated rings. The van der Waals surface area contributed by atoms with Gasteiger partial charge in [-0.15, -0.1) is 0 Å². The first kappa shape index (κ1) is 22.9. The Kier molecular flexibility index (Phi) is 6.54. The molecule has 3 aromatic rings. The van der Waals surface area contributed by atoms with Gasteiger partial charge in [-0.05, 0) is 69.7 Å². The average Bonchev–Trinajstić information content (AvgIpc) is 3.29. The molecule has 0 saturated heterocycles. The lowest BCUT2D eigenvalue weighted by molar-refractivity contribution is 0.282. The average molecular weight is 566 g/mol. The summed E-state index contributed by atoms with van der Waals surface area (Å²) in [5.74, 6) is 1.90. The summed E-state index contributed by atoms with van der Waals surface area (Å²) in [4.78, 5) is 0. The molecule has 3 atom stereocenters. The molecule has 1 N–H and O–H groups in total. The highest BCUT2D eigenvalue weighted by molar-refractivity contribution is 9.10. The minimum atomic E-state index is 0.0546. The van der Waals surface area contributed by atoms with Crippen LogP contribution in [-0.4, -0.2) is 7.11 Å². The molecule has 33 heavy (non-hydrogen) atoms. The molecule has 0 bridgehead atoms. The van der Waals surface area contributed by atoms with E-state index in [4.69, 9.17) is 44.3 Å². The normalized spacial score (nSPS) is 20.7. The maximum absolute atomic E-state index is 6.58. The fraction of sp³-hybridized carbons (Fsp3) is 0.231. The Labute approximate surface area is 216 Å². The van der Waals surface area contributed by atoms with Crippen molar-refractivity contribution in [2.75, 3.05) is 12.4 Å². The fourth-order valence-electron chi connectivity index (χ4n) is 4.78. The number of ether oxygens (including phenoxy) is 2. The third kappa shape index (κ3) is 4.35. The molecule has 3 nitrogen and oxygen atoms in total. The van der Waals surface area contributed by atoms with Crippen molar-refractivity contribution in [3.8, 4) is 11.5 Å². The zero-order valence-corrected chi connectivity index (χ0v) is 21.6. The molecule has 2 aliphatic rings. The first-order chi connectivity index (χ1) is 16.0. The Bertz CT molecular complexity index is 1250. The van der Waals surface area contributed by atoms with Crippen LogP contribution in [-0.2, 0) is 6.61 Å². The van der Waals surface area contributed by atoms with Gasteiger partial charge >= 0.3 is 0 Å². The third-order valence-corrected chi connectivity index (χ3v) is 7.80. The fourth-order valence-corrected chi connectivity index (χ4v) is 6.10. The number of fused-ring (bicyclic) bond motifs is 3. The SMILES string of the molecule is COc1cc([C@@H]2Nc3c(Cl)cc(Cl)cc3[C@@H]3C=CC[C@@H]32)cc(Br)c1OCc1ccccc1Cl. The molecule has 170 valence electrons. The van der Waals surface area contributed by atoms with Gasteiger partial charge in [0.05, 0.1) is 28.3 Å². The van der Waals surface area contributed by atoms with Crippen LogP contribution in [0, 0.1) is 5.92 Å². The van der Waals surface area contributed by atoms with Gasteiger partial charge in [0.1, 0.15) is 6.61 Å². The first-order valence-corrected chi connectivity index (χ1v) is 12.5. The second-order valence-electron chi connectivity index (χ2n) is 8.24. The quantitative estimate of drug-likeness (QED) is 0.314. The highest BCUT2D eigenvalue weighted by atomic mass is 79.9. The van der Waals surface area contributed by atoms with Gasteiger partial charge in [0.25, 0.3) is 0 Å². The summed E-state index contributed by atoms with van der Waals surface area (Å²) in [7, 11) is 1.65. The topological polar surface area (TPSA) is 30.5 Å². The molecule has 0 radical (unpaired) electrons. The van der Waals surface area contributed by atoms with E-state index in [2.05, 4.69) is 39.5 Å². The molecular weight excluding hydrogens is 545 g/mol. The lowest BCUT2D eigenvalue weighted by Crippen LogP contribution is -2.29. The zero-order chi connectivity index (χ0) is 23.1.